The van der Waals surface area contributed by atoms with Crippen molar-refractivity contribution in [3.05, 3.63) is 186 Å². The molecule has 1 aliphatic carbocycles. The predicted octanol–water partition coefficient (Wildman–Crippen LogP) is 9.88. The van der Waals surface area contributed by atoms with Gasteiger partial charge in [-0.05, 0) is 57.6 Å². The Morgan fingerprint density at radius 3 is 1.73 bits per heavy atom. The smallest absolute Gasteiger partial charge is 0.0972 e. The lowest BCUT2D eigenvalue weighted by atomic mass is 9.68. The van der Waals surface area contributed by atoms with Crippen molar-refractivity contribution in [1.29, 1.82) is 0 Å². The Bertz CT molecular complexity index is 2330. The first-order valence-corrected chi connectivity index (χ1v) is 15.3. The molecule has 1 atom stereocenters. The summed E-state index contributed by atoms with van der Waals surface area (Å²) in [4.78, 5) is 15.0. The van der Waals surface area contributed by atoms with Gasteiger partial charge in [0.2, 0.25) is 0 Å². The summed E-state index contributed by atoms with van der Waals surface area (Å²) < 4.78 is 0. The summed E-state index contributed by atoms with van der Waals surface area (Å²) in [6.45, 7) is 0. The number of pyridine rings is 3. The zero-order valence-corrected chi connectivity index (χ0v) is 24.4. The fourth-order valence-corrected chi connectivity index (χ4v) is 7.20. The fourth-order valence-electron chi connectivity index (χ4n) is 7.20. The molecule has 210 valence electrons. The van der Waals surface area contributed by atoms with E-state index in [4.69, 9.17) is 9.97 Å². The van der Waals surface area contributed by atoms with Gasteiger partial charge in [-0.3, -0.25) is 4.98 Å². The Hall–Kier alpha value is -5.93. The zero-order valence-electron chi connectivity index (χ0n) is 24.4. The average Bonchev–Trinajstić information content (AvgIpc) is 3.43. The standard InChI is InChI=1S/C42H27N3/c1-3-10-28(11-4-1)38-23-20-29-17-18-30-21-24-39(45-41(30)40(29)44-38)31-19-22-37-35(26-31)34-15-7-8-16-36(34)42(37,32-12-5-2-6-13-32)33-14-9-25-43-27-33/h1-27H. The first-order chi connectivity index (χ1) is 22.3. The van der Waals surface area contributed by atoms with Crippen LogP contribution in [0.1, 0.15) is 22.3 Å². The summed E-state index contributed by atoms with van der Waals surface area (Å²) in [6.07, 6.45) is 3.86. The number of nitrogens with zero attached hydrogens (tertiary/aromatic N) is 3. The van der Waals surface area contributed by atoms with Gasteiger partial charge in [0.25, 0.3) is 0 Å². The van der Waals surface area contributed by atoms with Gasteiger partial charge in [0.1, 0.15) is 0 Å². The second-order valence-corrected chi connectivity index (χ2v) is 11.6. The third kappa shape index (κ3) is 3.87. The summed E-state index contributed by atoms with van der Waals surface area (Å²) in [6, 6.07) is 53.8. The monoisotopic (exact) mass is 573 g/mol. The molecule has 45 heavy (non-hydrogen) atoms. The molecule has 9 rings (SSSR count). The molecule has 3 nitrogen and oxygen atoms in total. The largest absolute Gasteiger partial charge is 0.264 e. The van der Waals surface area contributed by atoms with Gasteiger partial charge in [0.05, 0.1) is 27.8 Å². The number of hydrogen-bond donors (Lipinski definition) is 0. The Morgan fingerprint density at radius 1 is 0.422 bits per heavy atom. The molecule has 0 N–H and O–H groups in total. The van der Waals surface area contributed by atoms with Crippen molar-refractivity contribution in [3.63, 3.8) is 0 Å². The van der Waals surface area contributed by atoms with Gasteiger partial charge in [-0.2, -0.15) is 0 Å². The zero-order chi connectivity index (χ0) is 29.8. The number of hydrogen-bond acceptors (Lipinski definition) is 3. The molecule has 3 aromatic heterocycles. The van der Waals surface area contributed by atoms with E-state index in [1.165, 1.54) is 27.8 Å². The maximum absolute atomic E-state index is 5.27. The van der Waals surface area contributed by atoms with Crippen LogP contribution in [0.3, 0.4) is 0 Å². The van der Waals surface area contributed by atoms with Gasteiger partial charge in [0, 0.05) is 34.3 Å². The molecule has 0 spiro atoms. The lowest BCUT2D eigenvalue weighted by molar-refractivity contribution is 0.763. The Balaban J connectivity index is 1.26. The third-order valence-corrected chi connectivity index (χ3v) is 9.23. The second-order valence-electron chi connectivity index (χ2n) is 11.6. The minimum Gasteiger partial charge on any atom is -0.264 e. The summed E-state index contributed by atoms with van der Waals surface area (Å²) >= 11 is 0. The molecule has 8 aromatic rings. The molecule has 0 amide bonds. The highest BCUT2D eigenvalue weighted by Gasteiger charge is 2.46. The molecule has 5 aromatic carbocycles. The highest BCUT2D eigenvalue weighted by molar-refractivity contribution is 6.04. The van der Waals surface area contributed by atoms with E-state index in [0.717, 1.165) is 49.9 Å². The lowest BCUT2D eigenvalue weighted by Crippen LogP contribution is -2.28. The van der Waals surface area contributed by atoms with E-state index in [0.29, 0.717) is 0 Å². The molecule has 3 heteroatoms. The van der Waals surface area contributed by atoms with Crippen molar-refractivity contribution in [2.24, 2.45) is 0 Å². The lowest BCUT2D eigenvalue weighted by Gasteiger charge is -2.33. The molecular weight excluding hydrogens is 546 g/mol. The van der Waals surface area contributed by atoms with E-state index >= 15 is 0 Å². The van der Waals surface area contributed by atoms with Crippen LogP contribution >= 0.6 is 0 Å². The van der Waals surface area contributed by atoms with Crippen LogP contribution in [0.5, 0.6) is 0 Å². The van der Waals surface area contributed by atoms with Gasteiger partial charge in [-0.1, -0.05) is 127 Å². The second kappa shape index (κ2) is 10.1. The van der Waals surface area contributed by atoms with Crippen molar-refractivity contribution in [2.45, 2.75) is 5.41 Å². The van der Waals surface area contributed by atoms with Gasteiger partial charge in [-0.25, -0.2) is 9.97 Å². The van der Waals surface area contributed by atoms with Crippen molar-refractivity contribution >= 4 is 21.8 Å². The van der Waals surface area contributed by atoms with Crippen LogP contribution in [0.4, 0.5) is 0 Å². The van der Waals surface area contributed by atoms with E-state index in [9.17, 15) is 0 Å². The van der Waals surface area contributed by atoms with E-state index < -0.39 is 5.41 Å². The minimum absolute atomic E-state index is 0.468. The molecule has 0 saturated carbocycles. The molecule has 0 bridgehead atoms. The maximum Gasteiger partial charge on any atom is 0.0972 e. The van der Waals surface area contributed by atoms with Gasteiger partial charge >= 0.3 is 0 Å². The van der Waals surface area contributed by atoms with E-state index in [1.54, 1.807) is 0 Å². The normalized spacial score (nSPS) is 15.2. The van der Waals surface area contributed by atoms with E-state index in [1.807, 2.05) is 36.7 Å². The fraction of sp³-hybridized carbons (Fsp3) is 0.0238. The summed E-state index contributed by atoms with van der Waals surface area (Å²) in [5, 5.41) is 2.16. The number of fused-ring (bicyclic) bond motifs is 6. The van der Waals surface area contributed by atoms with Crippen LogP contribution in [-0.2, 0) is 5.41 Å². The molecule has 0 radical (unpaired) electrons. The van der Waals surface area contributed by atoms with E-state index in [-0.39, 0.29) is 0 Å². The Kier molecular flexibility index (Phi) is 5.72. The van der Waals surface area contributed by atoms with Crippen LogP contribution in [0.2, 0.25) is 0 Å². The predicted molar refractivity (Wildman–Crippen MR) is 183 cm³/mol. The van der Waals surface area contributed by atoms with Crippen LogP contribution in [0, 0.1) is 0 Å². The van der Waals surface area contributed by atoms with E-state index in [2.05, 4.69) is 132 Å². The Labute approximate surface area is 261 Å². The topological polar surface area (TPSA) is 38.7 Å². The first-order valence-electron chi connectivity index (χ1n) is 15.3. The molecule has 0 fully saturated rings. The number of rotatable bonds is 4. The van der Waals surface area contributed by atoms with Crippen molar-refractivity contribution in [1.82, 2.24) is 15.0 Å². The summed E-state index contributed by atoms with van der Waals surface area (Å²) in [5.41, 5.74) is 12.8. The molecule has 0 aliphatic heterocycles. The van der Waals surface area contributed by atoms with Crippen LogP contribution in [-0.4, -0.2) is 15.0 Å². The van der Waals surface area contributed by atoms with Gasteiger partial charge in [0.15, 0.2) is 0 Å². The summed E-state index contributed by atoms with van der Waals surface area (Å²) in [5.74, 6) is 0. The molecule has 3 heterocycles. The van der Waals surface area contributed by atoms with Crippen LogP contribution in [0.25, 0.3) is 55.4 Å². The molecule has 1 unspecified atom stereocenters. The molecular formula is C42H27N3. The van der Waals surface area contributed by atoms with Gasteiger partial charge in [-0.15, -0.1) is 0 Å². The average molecular weight is 574 g/mol. The van der Waals surface area contributed by atoms with Crippen LogP contribution in [0.15, 0.2) is 164 Å². The van der Waals surface area contributed by atoms with Crippen molar-refractivity contribution < 1.29 is 0 Å². The maximum atomic E-state index is 5.27. The SMILES string of the molecule is c1ccc(-c2ccc3ccc4ccc(-c5ccc6c(c5)-c5ccccc5C6(c5ccccc5)c5cccnc5)nc4c3n2)cc1. The van der Waals surface area contributed by atoms with Crippen LogP contribution < -0.4 is 0 Å². The summed E-state index contributed by atoms with van der Waals surface area (Å²) in [7, 11) is 0. The number of benzene rings is 5. The Morgan fingerprint density at radius 2 is 1.02 bits per heavy atom. The third-order valence-electron chi connectivity index (χ3n) is 9.23. The number of aromatic nitrogens is 3. The van der Waals surface area contributed by atoms with Crippen molar-refractivity contribution in [3.8, 4) is 33.6 Å². The van der Waals surface area contributed by atoms with Gasteiger partial charge < -0.3 is 0 Å². The first kappa shape index (κ1) is 25.6. The highest BCUT2D eigenvalue weighted by atomic mass is 14.8. The highest BCUT2D eigenvalue weighted by Crippen LogP contribution is 2.56. The quantitative estimate of drug-likeness (QED) is 0.197. The molecule has 1 aliphatic rings. The molecule has 0 saturated heterocycles. The minimum atomic E-state index is -0.468. The van der Waals surface area contributed by atoms with Crippen molar-refractivity contribution in [2.75, 3.05) is 0 Å².